The van der Waals surface area contributed by atoms with Crippen LogP contribution in [0.2, 0.25) is 0 Å². The lowest BCUT2D eigenvalue weighted by molar-refractivity contribution is 0.225. The maximum absolute atomic E-state index is 3.80. The van der Waals surface area contributed by atoms with Crippen molar-refractivity contribution in [3.63, 3.8) is 0 Å². The topological polar surface area (TPSA) is 15.3 Å². The summed E-state index contributed by atoms with van der Waals surface area (Å²) in [5, 5.41) is 3.80. The van der Waals surface area contributed by atoms with Gasteiger partial charge in [0.05, 0.1) is 0 Å². The standard InChI is InChI=1S/C18H28N2/c1-3-20-10-6-8-17(20)13-19-16-11-15(12-16)18-9-5-4-7-14(18)2/h4-5,7,9,15-17,19H,3,6,8,10-13H2,1-2H3. The van der Waals surface area contributed by atoms with Crippen LogP contribution in [0, 0.1) is 6.92 Å². The molecule has 110 valence electrons. The fourth-order valence-electron chi connectivity index (χ4n) is 3.93. The lowest BCUT2D eigenvalue weighted by Gasteiger charge is -2.38. The van der Waals surface area contributed by atoms with Gasteiger partial charge in [0.2, 0.25) is 0 Å². The van der Waals surface area contributed by atoms with Gasteiger partial charge >= 0.3 is 0 Å². The lowest BCUT2D eigenvalue weighted by atomic mass is 9.74. The molecule has 1 heterocycles. The van der Waals surface area contributed by atoms with Gasteiger partial charge in [-0.05, 0) is 62.7 Å². The van der Waals surface area contributed by atoms with Crippen LogP contribution in [0.4, 0.5) is 0 Å². The summed E-state index contributed by atoms with van der Waals surface area (Å²) in [6.07, 6.45) is 5.42. The first-order valence-corrected chi connectivity index (χ1v) is 8.31. The molecule has 1 aliphatic heterocycles. The molecule has 1 aromatic rings. The number of benzene rings is 1. The first-order chi connectivity index (χ1) is 9.78. The summed E-state index contributed by atoms with van der Waals surface area (Å²) in [7, 11) is 0. The van der Waals surface area contributed by atoms with E-state index in [4.69, 9.17) is 0 Å². The van der Waals surface area contributed by atoms with Gasteiger partial charge < -0.3 is 5.32 Å². The van der Waals surface area contributed by atoms with E-state index in [1.165, 1.54) is 50.9 Å². The molecule has 0 aromatic heterocycles. The SMILES string of the molecule is CCN1CCCC1CNC1CC(c2ccccc2C)C1. The molecule has 1 unspecified atom stereocenters. The molecule has 2 heteroatoms. The van der Waals surface area contributed by atoms with E-state index in [1.807, 2.05) is 0 Å². The lowest BCUT2D eigenvalue weighted by Crippen LogP contribution is -2.46. The number of hydrogen-bond donors (Lipinski definition) is 1. The smallest absolute Gasteiger partial charge is 0.0221 e. The van der Waals surface area contributed by atoms with Crippen molar-refractivity contribution in [3.8, 4) is 0 Å². The molecular weight excluding hydrogens is 244 g/mol. The minimum absolute atomic E-state index is 0.749. The number of rotatable bonds is 5. The van der Waals surface area contributed by atoms with Crippen LogP contribution in [0.5, 0.6) is 0 Å². The third-order valence-corrected chi connectivity index (χ3v) is 5.31. The van der Waals surface area contributed by atoms with E-state index in [2.05, 4.69) is 48.3 Å². The molecule has 0 radical (unpaired) electrons. The molecule has 1 aliphatic carbocycles. The summed E-state index contributed by atoms with van der Waals surface area (Å²) in [6.45, 7) is 8.24. The molecule has 0 spiro atoms. The summed E-state index contributed by atoms with van der Waals surface area (Å²) >= 11 is 0. The quantitative estimate of drug-likeness (QED) is 0.884. The van der Waals surface area contributed by atoms with Crippen molar-refractivity contribution < 1.29 is 0 Å². The van der Waals surface area contributed by atoms with Gasteiger partial charge in [0.15, 0.2) is 0 Å². The Morgan fingerprint density at radius 1 is 1.25 bits per heavy atom. The molecule has 20 heavy (non-hydrogen) atoms. The van der Waals surface area contributed by atoms with Crippen LogP contribution in [0.3, 0.4) is 0 Å². The highest BCUT2D eigenvalue weighted by molar-refractivity contribution is 5.31. The Bertz CT molecular complexity index is 437. The summed E-state index contributed by atoms with van der Waals surface area (Å²) in [5.41, 5.74) is 3.03. The summed E-state index contributed by atoms with van der Waals surface area (Å²) in [4.78, 5) is 2.63. The maximum atomic E-state index is 3.80. The fourth-order valence-corrected chi connectivity index (χ4v) is 3.93. The first kappa shape index (κ1) is 14.1. The number of nitrogens with one attached hydrogen (secondary N) is 1. The van der Waals surface area contributed by atoms with Gasteiger partial charge in [0, 0.05) is 18.6 Å². The molecule has 1 aromatic carbocycles. The molecule has 1 N–H and O–H groups in total. The predicted octanol–water partition coefficient (Wildman–Crippen LogP) is 3.31. The molecule has 1 saturated heterocycles. The highest BCUT2D eigenvalue weighted by atomic mass is 15.2. The molecular formula is C18H28N2. The average Bonchev–Trinajstić information content (AvgIpc) is 2.86. The van der Waals surface area contributed by atoms with Crippen LogP contribution < -0.4 is 5.32 Å². The Morgan fingerprint density at radius 3 is 2.80 bits per heavy atom. The van der Waals surface area contributed by atoms with Crippen LogP contribution in [-0.4, -0.2) is 36.6 Å². The largest absolute Gasteiger partial charge is 0.312 e. The van der Waals surface area contributed by atoms with Crippen molar-refractivity contribution in [2.45, 2.75) is 57.5 Å². The molecule has 0 amide bonds. The van der Waals surface area contributed by atoms with Crippen molar-refractivity contribution in [2.75, 3.05) is 19.6 Å². The third kappa shape index (κ3) is 2.91. The predicted molar refractivity (Wildman–Crippen MR) is 85.2 cm³/mol. The van der Waals surface area contributed by atoms with Crippen LogP contribution in [0.25, 0.3) is 0 Å². The Balaban J connectivity index is 1.44. The maximum Gasteiger partial charge on any atom is 0.0221 e. The van der Waals surface area contributed by atoms with E-state index in [0.717, 1.165) is 18.0 Å². The second-order valence-corrected chi connectivity index (χ2v) is 6.55. The van der Waals surface area contributed by atoms with Gasteiger partial charge in [-0.15, -0.1) is 0 Å². The molecule has 3 rings (SSSR count). The van der Waals surface area contributed by atoms with E-state index < -0.39 is 0 Å². The normalized spacial score (nSPS) is 30.4. The van der Waals surface area contributed by atoms with Crippen LogP contribution in [0.15, 0.2) is 24.3 Å². The molecule has 2 aliphatic rings. The van der Waals surface area contributed by atoms with Gasteiger partial charge in [0.25, 0.3) is 0 Å². The zero-order chi connectivity index (χ0) is 13.9. The van der Waals surface area contributed by atoms with E-state index in [1.54, 1.807) is 5.56 Å². The van der Waals surface area contributed by atoms with Crippen LogP contribution in [0.1, 0.15) is 49.7 Å². The van der Waals surface area contributed by atoms with Crippen molar-refractivity contribution in [3.05, 3.63) is 35.4 Å². The Hall–Kier alpha value is -0.860. The zero-order valence-electron chi connectivity index (χ0n) is 12.9. The Morgan fingerprint density at radius 2 is 2.05 bits per heavy atom. The number of likely N-dealkylation sites (tertiary alicyclic amines) is 1. The second-order valence-electron chi connectivity index (χ2n) is 6.55. The Kier molecular flexibility index (Phi) is 4.42. The number of hydrogen-bond acceptors (Lipinski definition) is 2. The third-order valence-electron chi connectivity index (χ3n) is 5.31. The Labute approximate surface area is 123 Å². The summed E-state index contributed by atoms with van der Waals surface area (Å²) in [5.74, 6) is 0.791. The summed E-state index contributed by atoms with van der Waals surface area (Å²) < 4.78 is 0. The number of nitrogens with zero attached hydrogens (tertiary/aromatic N) is 1. The van der Waals surface area contributed by atoms with Gasteiger partial charge in [-0.2, -0.15) is 0 Å². The number of likely N-dealkylation sites (N-methyl/N-ethyl adjacent to an activating group) is 1. The van der Waals surface area contributed by atoms with Crippen molar-refractivity contribution in [1.82, 2.24) is 10.2 Å². The van der Waals surface area contributed by atoms with Crippen molar-refractivity contribution in [1.29, 1.82) is 0 Å². The van der Waals surface area contributed by atoms with Crippen molar-refractivity contribution in [2.24, 2.45) is 0 Å². The number of aryl methyl sites for hydroxylation is 1. The van der Waals surface area contributed by atoms with E-state index in [9.17, 15) is 0 Å². The minimum Gasteiger partial charge on any atom is -0.312 e. The highest BCUT2D eigenvalue weighted by Gasteiger charge is 2.32. The highest BCUT2D eigenvalue weighted by Crippen LogP contribution is 2.38. The van der Waals surface area contributed by atoms with Gasteiger partial charge in [-0.25, -0.2) is 0 Å². The van der Waals surface area contributed by atoms with E-state index in [0.29, 0.717) is 0 Å². The second kappa shape index (κ2) is 6.28. The minimum atomic E-state index is 0.749. The molecule has 1 atom stereocenters. The fraction of sp³-hybridized carbons (Fsp3) is 0.667. The van der Waals surface area contributed by atoms with Gasteiger partial charge in [-0.3, -0.25) is 4.90 Å². The van der Waals surface area contributed by atoms with E-state index >= 15 is 0 Å². The van der Waals surface area contributed by atoms with Crippen LogP contribution in [-0.2, 0) is 0 Å². The van der Waals surface area contributed by atoms with Gasteiger partial charge in [-0.1, -0.05) is 31.2 Å². The summed E-state index contributed by atoms with van der Waals surface area (Å²) in [6, 6.07) is 10.4. The van der Waals surface area contributed by atoms with Gasteiger partial charge in [0.1, 0.15) is 0 Å². The monoisotopic (exact) mass is 272 g/mol. The zero-order valence-corrected chi connectivity index (χ0v) is 12.9. The van der Waals surface area contributed by atoms with Crippen molar-refractivity contribution >= 4 is 0 Å². The van der Waals surface area contributed by atoms with E-state index in [-0.39, 0.29) is 0 Å². The molecule has 0 bridgehead atoms. The first-order valence-electron chi connectivity index (χ1n) is 8.31. The average molecular weight is 272 g/mol. The molecule has 2 nitrogen and oxygen atoms in total. The molecule has 1 saturated carbocycles. The van der Waals surface area contributed by atoms with Crippen LogP contribution >= 0.6 is 0 Å². The molecule has 2 fully saturated rings.